The molecule has 3 heteroatoms. The molecule has 1 N–H and O–H groups in total. The monoisotopic (exact) mass is 231 g/mol. The lowest BCUT2D eigenvalue weighted by Crippen LogP contribution is -2.25. The molecule has 1 aliphatic rings. The van der Waals surface area contributed by atoms with Crippen LogP contribution in [0, 0.1) is 11.7 Å². The molecule has 1 atom stereocenters. The Morgan fingerprint density at radius 1 is 1.29 bits per heavy atom. The van der Waals surface area contributed by atoms with Gasteiger partial charge < -0.3 is 5.32 Å². The van der Waals surface area contributed by atoms with Crippen molar-refractivity contribution in [3.63, 3.8) is 0 Å². The van der Waals surface area contributed by atoms with Crippen molar-refractivity contribution in [3.05, 3.63) is 46.9 Å². The summed E-state index contributed by atoms with van der Waals surface area (Å²) < 4.78 is 12.9. The fraction of sp³-hybridized carbons (Fsp3) is 0.357. The van der Waals surface area contributed by atoms with Gasteiger partial charge in [-0.15, -0.1) is 0 Å². The summed E-state index contributed by atoms with van der Waals surface area (Å²) in [6, 6.07) is 6.59. The van der Waals surface area contributed by atoms with Crippen molar-refractivity contribution >= 4 is 6.34 Å². The van der Waals surface area contributed by atoms with E-state index in [2.05, 4.69) is 37.4 Å². The summed E-state index contributed by atoms with van der Waals surface area (Å²) in [4.78, 5) is 4.25. The maximum absolute atomic E-state index is 12.9. The number of aliphatic imine (C=N–C) groups is 1. The van der Waals surface area contributed by atoms with Gasteiger partial charge in [-0.05, 0) is 36.1 Å². The first-order valence-electron chi connectivity index (χ1n) is 5.77. The van der Waals surface area contributed by atoms with Gasteiger partial charge >= 0.3 is 0 Å². The van der Waals surface area contributed by atoms with Gasteiger partial charge in [0.2, 0.25) is 0 Å². The van der Waals surface area contributed by atoms with Crippen molar-refractivity contribution in [1.82, 2.24) is 5.32 Å². The van der Waals surface area contributed by atoms with Gasteiger partial charge in [-0.1, -0.05) is 26.0 Å². The summed E-state index contributed by atoms with van der Waals surface area (Å²) in [7, 11) is 0. The summed E-state index contributed by atoms with van der Waals surface area (Å²) in [6.07, 6.45) is 2.83. The quantitative estimate of drug-likeness (QED) is 0.829. The summed E-state index contributed by atoms with van der Waals surface area (Å²) >= 11 is 0. The first-order valence-corrected chi connectivity index (χ1v) is 5.77. The molecule has 1 aromatic rings. The molecule has 0 aromatic heterocycles. The number of benzene rings is 1. The molecule has 1 aliphatic heterocycles. The Morgan fingerprint density at radius 2 is 1.94 bits per heavy atom. The van der Waals surface area contributed by atoms with E-state index >= 15 is 0 Å². The molecule has 0 spiro atoms. The molecule has 1 unspecified atom stereocenters. The number of halogens is 1. The van der Waals surface area contributed by atoms with Gasteiger partial charge in [0.05, 0.1) is 6.04 Å². The van der Waals surface area contributed by atoms with E-state index in [0.717, 1.165) is 11.3 Å². The lowest BCUT2D eigenvalue weighted by molar-refractivity contribution is 0.623. The van der Waals surface area contributed by atoms with Crippen molar-refractivity contribution in [2.24, 2.45) is 10.9 Å². The predicted molar refractivity (Wildman–Crippen MR) is 67.2 cm³/mol. The van der Waals surface area contributed by atoms with Crippen LogP contribution < -0.4 is 5.32 Å². The van der Waals surface area contributed by atoms with Gasteiger partial charge in [0.25, 0.3) is 0 Å². The summed E-state index contributed by atoms with van der Waals surface area (Å²) in [5, 5.41) is 3.09. The molecule has 17 heavy (non-hydrogen) atoms. The minimum absolute atomic E-state index is 0.0468. The SMILES string of the molecule is CC1=C(C(C)C)N=[C]NC1c1ccc(F)cc1. The maximum Gasteiger partial charge on any atom is 0.170 e. The van der Waals surface area contributed by atoms with E-state index in [1.807, 2.05) is 0 Å². The Labute approximate surface area is 101 Å². The smallest absolute Gasteiger partial charge is 0.170 e. The lowest BCUT2D eigenvalue weighted by Gasteiger charge is -2.25. The molecule has 0 bridgehead atoms. The average Bonchev–Trinajstić information content (AvgIpc) is 2.30. The minimum atomic E-state index is -0.215. The second-order valence-corrected chi connectivity index (χ2v) is 4.58. The highest BCUT2D eigenvalue weighted by Crippen LogP contribution is 2.29. The van der Waals surface area contributed by atoms with Gasteiger partial charge in [-0.25, -0.2) is 9.38 Å². The second kappa shape index (κ2) is 4.70. The summed E-state index contributed by atoms with van der Waals surface area (Å²) in [6.45, 7) is 6.27. The van der Waals surface area contributed by atoms with Crippen molar-refractivity contribution in [2.45, 2.75) is 26.8 Å². The zero-order chi connectivity index (χ0) is 12.4. The van der Waals surface area contributed by atoms with Crippen LogP contribution in [-0.2, 0) is 0 Å². The summed E-state index contributed by atoms with van der Waals surface area (Å²) in [5.41, 5.74) is 3.26. The molecule has 1 heterocycles. The molecule has 89 valence electrons. The van der Waals surface area contributed by atoms with Crippen LogP contribution in [0.4, 0.5) is 4.39 Å². The first-order chi connectivity index (χ1) is 8.09. The normalized spacial score (nSPS) is 19.7. The van der Waals surface area contributed by atoms with Crippen LogP contribution in [0.5, 0.6) is 0 Å². The van der Waals surface area contributed by atoms with E-state index in [1.54, 1.807) is 12.1 Å². The molecule has 0 amide bonds. The molecule has 2 rings (SSSR count). The Kier molecular flexibility index (Phi) is 3.27. The summed E-state index contributed by atoms with van der Waals surface area (Å²) in [5.74, 6) is 0.153. The number of nitrogens with zero attached hydrogens (tertiary/aromatic N) is 1. The fourth-order valence-electron chi connectivity index (χ4n) is 2.07. The van der Waals surface area contributed by atoms with Crippen molar-refractivity contribution < 1.29 is 4.39 Å². The third-order valence-corrected chi connectivity index (χ3v) is 2.97. The van der Waals surface area contributed by atoms with Crippen LogP contribution >= 0.6 is 0 Å². The minimum Gasteiger partial charge on any atom is -0.356 e. The van der Waals surface area contributed by atoms with Crippen LogP contribution in [0.15, 0.2) is 40.5 Å². The number of hydrogen-bond donors (Lipinski definition) is 1. The number of allylic oxidation sites excluding steroid dienone is 1. The van der Waals surface area contributed by atoms with E-state index in [1.165, 1.54) is 17.7 Å². The van der Waals surface area contributed by atoms with Gasteiger partial charge in [-0.3, -0.25) is 0 Å². The van der Waals surface area contributed by atoms with Crippen LogP contribution in [0.3, 0.4) is 0 Å². The third kappa shape index (κ3) is 2.38. The highest BCUT2D eigenvalue weighted by atomic mass is 19.1. The Hall–Kier alpha value is -1.64. The largest absolute Gasteiger partial charge is 0.356 e. The Bertz CT molecular complexity index is 458. The second-order valence-electron chi connectivity index (χ2n) is 4.58. The highest BCUT2D eigenvalue weighted by molar-refractivity contribution is 5.61. The predicted octanol–water partition coefficient (Wildman–Crippen LogP) is 3.31. The van der Waals surface area contributed by atoms with Crippen LogP contribution in [-0.4, -0.2) is 6.34 Å². The van der Waals surface area contributed by atoms with E-state index < -0.39 is 0 Å². The van der Waals surface area contributed by atoms with E-state index in [-0.39, 0.29) is 11.9 Å². The van der Waals surface area contributed by atoms with Gasteiger partial charge in [0, 0.05) is 5.70 Å². The van der Waals surface area contributed by atoms with Gasteiger partial charge in [0.1, 0.15) is 5.82 Å². The molecule has 1 aromatic carbocycles. The maximum atomic E-state index is 12.9. The van der Waals surface area contributed by atoms with Crippen molar-refractivity contribution in [3.8, 4) is 0 Å². The molecule has 0 aliphatic carbocycles. The van der Waals surface area contributed by atoms with Crippen LogP contribution in [0.25, 0.3) is 0 Å². The van der Waals surface area contributed by atoms with Crippen LogP contribution in [0.1, 0.15) is 32.4 Å². The molecule has 1 radical (unpaired) electrons. The Morgan fingerprint density at radius 3 is 2.53 bits per heavy atom. The topological polar surface area (TPSA) is 24.4 Å². The third-order valence-electron chi connectivity index (χ3n) is 2.97. The van der Waals surface area contributed by atoms with Crippen LogP contribution in [0.2, 0.25) is 0 Å². The number of nitrogens with one attached hydrogen (secondary N) is 1. The van der Waals surface area contributed by atoms with Crippen molar-refractivity contribution in [1.29, 1.82) is 0 Å². The fourth-order valence-corrected chi connectivity index (χ4v) is 2.07. The lowest BCUT2D eigenvalue weighted by atomic mass is 9.94. The van der Waals surface area contributed by atoms with Gasteiger partial charge in [0.15, 0.2) is 6.34 Å². The molecular formula is C14H16FN2. The standard InChI is InChI=1S/C14H16FN2/c1-9(2)13-10(3)14(17-8-16-13)11-4-6-12(15)7-5-11/h4-7,9,14H,1-3H3,(H,16,17). The molecule has 0 fully saturated rings. The number of hydrogen-bond acceptors (Lipinski definition) is 2. The zero-order valence-electron chi connectivity index (χ0n) is 10.3. The van der Waals surface area contributed by atoms with E-state index in [0.29, 0.717) is 5.92 Å². The van der Waals surface area contributed by atoms with Gasteiger partial charge in [-0.2, -0.15) is 0 Å². The zero-order valence-corrected chi connectivity index (χ0v) is 10.3. The van der Waals surface area contributed by atoms with E-state index in [9.17, 15) is 4.39 Å². The average molecular weight is 231 g/mol. The van der Waals surface area contributed by atoms with E-state index in [4.69, 9.17) is 0 Å². The molecular weight excluding hydrogens is 215 g/mol. The molecule has 0 saturated heterocycles. The molecule has 0 saturated carbocycles. The first kappa shape index (κ1) is 11.8. The van der Waals surface area contributed by atoms with Crippen molar-refractivity contribution in [2.75, 3.05) is 0 Å². The molecule has 2 nitrogen and oxygen atoms in total. The number of rotatable bonds is 2. The highest BCUT2D eigenvalue weighted by Gasteiger charge is 2.20. The Balaban J connectivity index is 2.34.